The molecule has 0 aromatic carbocycles. The molecule has 4 N–H and O–H groups in total. The van der Waals surface area contributed by atoms with Gasteiger partial charge in [0.05, 0.1) is 0 Å². The quantitative estimate of drug-likeness (QED) is 0.757. The van der Waals surface area contributed by atoms with Gasteiger partial charge in [-0.05, 0) is 6.07 Å². The van der Waals surface area contributed by atoms with Crippen LogP contribution in [0.15, 0.2) is 18.5 Å². The summed E-state index contributed by atoms with van der Waals surface area (Å²) in [6.45, 7) is 0. The monoisotopic (exact) mass is 221 g/mol. The molecule has 0 aliphatic carbocycles. The van der Waals surface area contributed by atoms with Crippen molar-refractivity contribution >= 4 is 22.4 Å². The Balaban J connectivity index is 2.58. The van der Waals surface area contributed by atoms with E-state index in [1.165, 1.54) is 0 Å². The summed E-state index contributed by atoms with van der Waals surface area (Å²) in [4.78, 5) is 23.3. The van der Waals surface area contributed by atoms with Crippen LogP contribution in [0.25, 0.3) is 11.5 Å². The molecule has 76 valence electrons. The SMILES string of the molecule is NC(=O)c1sc(N)nc1-c1ncccn1. The molecule has 0 aliphatic rings. The Labute approximate surface area is 89.0 Å². The van der Waals surface area contributed by atoms with Crippen molar-refractivity contribution in [3.8, 4) is 11.5 Å². The molecule has 0 atom stereocenters. The Morgan fingerprint density at radius 3 is 2.60 bits per heavy atom. The first-order chi connectivity index (χ1) is 7.18. The van der Waals surface area contributed by atoms with Gasteiger partial charge >= 0.3 is 0 Å². The number of amides is 1. The number of hydrogen-bond donors (Lipinski definition) is 2. The molecule has 6 nitrogen and oxygen atoms in total. The molecule has 2 aromatic rings. The highest BCUT2D eigenvalue weighted by Crippen LogP contribution is 2.26. The zero-order valence-corrected chi connectivity index (χ0v) is 8.36. The maximum Gasteiger partial charge on any atom is 0.261 e. The van der Waals surface area contributed by atoms with Gasteiger partial charge in [-0.15, -0.1) is 0 Å². The second kappa shape index (κ2) is 3.62. The first-order valence-electron chi connectivity index (χ1n) is 4.02. The summed E-state index contributed by atoms with van der Waals surface area (Å²) in [6.07, 6.45) is 3.12. The second-order valence-electron chi connectivity index (χ2n) is 2.67. The van der Waals surface area contributed by atoms with Gasteiger partial charge in [0.2, 0.25) is 0 Å². The Hall–Kier alpha value is -2.02. The Morgan fingerprint density at radius 1 is 1.33 bits per heavy atom. The van der Waals surface area contributed by atoms with Crippen LogP contribution in [0.5, 0.6) is 0 Å². The maximum atomic E-state index is 11.1. The van der Waals surface area contributed by atoms with Crippen LogP contribution in [0.2, 0.25) is 0 Å². The van der Waals surface area contributed by atoms with E-state index >= 15 is 0 Å². The summed E-state index contributed by atoms with van der Waals surface area (Å²) in [6, 6.07) is 1.67. The number of nitrogen functional groups attached to an aromatic ring is 1. The predicted molar refractivity (Wildman–Crippen MR) is 56.1 cm³/mol. The summed E-state index contributed by atoms with van der Waals surface area (Å²) in [7, 11) is 0. The zero-order chi connectivity index (χ0) is 10.8. The number of rotatable bonds is 2. The van der Waals surface area contributed by atoms with E-state index in [0.29, 0.717) is 11.5 Å². The lowest BCUT2D eigenvalue weighted by atomic mass is 10.3. The zero-order valence-electron chi connectivity index (χ0n) is 7.54. The van der Waals surface area contributed by atoms with Gasteiger partial charge in [0, 0.05) is 12.4 Å². The molecule has 0 saturated heterocycles. The van der Waals surface area contributed by atoms with Crippen LogP contribution in [-0.4, -0.2) is 20.9 Å². The van der Waals surface area contributed by atoms with E-state index in [-0.39, 0.29) is 10.0 Å². The molecule has 2 heterocycles. The third kappa shape index (κ3) is 1.77. The van der Waals surface area contributed by atoms with Gasteiger partial charge in [-0.1, -0.05) is 11.3 Å². The molecular formula is C8H7N5OS. The second-order valence-corrected chi connectivity index (χ2v) is 3.70. The Bertz CT molecular complexity index is 495. The summed E-state index contributed by atoms with van der Waals surface area (Å²) in [5, 5.41) is 0.270. The van der Waals surface area contributed by atoms with Crippen molar-refractivity contribution in [3.63, 3.8) is 0 Å². The number of nitrogens with zero attached hydrogens (tertiary/aromatic N) is 3. The van der Waals surface area contributed by atoms with E-state index in [9.17, 15) is 4.79 Å². The van der Waals surface area contributed by atoms with Crippen molar-refractivity contribution in [2.75, 3.05) is 5.73 Å². The van der Waals surface area contributed by atoms with Gasteiger partial charge in [0.15, 0.2) is 11.0 Å². The topological polar surface area (TPSA) is 108 Å². The average molecular weight is 221 g/mol. The van der Waals surface area contributed by atoms with Crippen molar-refractivity contribution in [2.24, 2.45) is 5.73 Å². The molecule has 0 bridgehead atoms. The van der Waals surface area contributed by atoms with Crippen molar-refractivity contribution < 1.29 is 4.79 Å². The van der Waals surface area contributed by atoms with Crippen molar-refractivity contribution in [2.45, 2.75) is 0 Å². The maximum absolute atomic E-state index is 11.1. The van der Waals surface area contributed by atoms with Crippen molar-refractivity contribution in [1.29, 1.82) is 0 Å². The lowest BCUT2D eigenvalue weighted by Crippen LogP contribution is -2.10. The predicted octanol–water partition coefficient (Wildman–Crippen LogP) is 0.281. The molecule has 15 heavy (non-hydrogen) atoms. The van der Waals surface area contributed by atoms with Gasteiger partial charge in [-0.2, -0.15) is 0 Å². The van der Waals surface area contributed by atoms with E-state index < -0.39 is 5.91 Å². The van der Waals surface area contributed by atoms with Crippen LogP contribution < -0.4 is 11.5 Å². The normalized spacial score (nSPS) is 10.1. The molecule has 2 aromatic heterocycles. The summed E-state index contributed by atoms with van der Waals surface area (Å²) in [5.74, 6) is -0.231. The lowest BCUT2D eigenvalue weighted by molar-refractivity contribution is 0.100. The number of carbonyl (C=O) groups excluding carboxylic acids is 1. The van der Waals surface area contributed by atoms with Crippen LogP contribution in [0.4, 0.5) is 5.13 Å². The van der Waals surface area contributed by atoms with E-state index in [1.54, 1.807) is 18.5 Å². The standard InChI is InChI=1S/C8H7N5OS/c9-6(14)5-4(13-8(10)15-5)7-11-2-1-3-12-7/h1-3H,(H2,9,14)(H2,10,13). The van der Waals surface area contributed by atoms with Crippen LogP contribution in [-0.2, 0) is 0 Å². The number of carbonyl (C=O) groups is 1. The Kier molecular flexibility index (Phi) is 2.30. The third-order valence-corrected chi connectivity index (χ3v) is 2.54. The van der Waals surface area contributed by atoms with Gasteiger partial charge in [-0.25, -0.2) is 15.0 Å². The molecule has 0 aliphatic heterocycles. The van der Waals surface area contributed by atoms with Gasteiger partial charge in [0.25, 0.3) is 5.91 Å². The number of aromatic nitrogens is 3. The average Bonchev–Trinajstić information content (AvgIpc) is 2.62. The number of primary amides is 1. The van der Waals surface area contributed by atoms with Gasteiger partial charge in [-0.3, -0.25) is 4.79 Å². The van der Waals surface area contributed by atoms with E-state index in [2.05, 4.69) is 15.0 Å². The fraction of sp³-hybridized carbons (Fsp3) is 0. The third-order valence-electron chi connectivity index (χ3n) is 1.65. The molecule has 0 radical (unpaired) electrons. The minimum absolute atomic E-state index is 0.270. The summed E-state index contributed by atoms with van der Waals surface area (Å²) in [5.41, 5.74) is 11.0. The van der Waals surface area contributed by atoms with Gasteiger partial charge in [0.1, 0.15) is 10.6 Å². The number of thiazole rings is 1. The fourth-order valence-electron chi connectivity index (χ4n) is 1.08. The molecule has 0 spiro atoms. The van der Waals surface area contributed by atoms with Crippen LogP contribution in [0.3, 0.4) is 0 Å². The minimum atomic E-state index is -0.577. The number of anilines is 1. The molecule has 1 amide bonds. The highest BCUT2D eigenvalue weighted by molar-refractivity contribution is 7.17. The molecule has 2 rings (SSSR count). The minimum Gasteiger partial charge on any atom is -0.375 e. The molecule has 7 heteroatoms. The van der Waals surface area contributed by atoms with Crippen molar-refractivity contribution in [3.05, 3.63) is 23.3 Å². The number of hydrogen-bond acceptors (Lipinski definition) is 6. The van der Waals surface area contributed by atoms with Crippen LogP contribution in [0, 0.1) is 0 Å². The highest BCUT2D eigenvalue weighted by atomic mass is 32.1. The molecule has 0 unspecified atom stereocenters. The van der Waals surface area contributed by atoms with Crippen LogP contribution in [0.1, 0.15) is 9.67 Å². The van der Waals surface area contributed by atoms with Crippen LogP contribution >= 0.6 is 11.3 Å². The summed E-state index contributed by atoms with van der Waals surface area (Å²) < 4.78 is 0. The molecule has 0 saturated carbocycles. The molecule has 0 fully saturated rings. The summed E-state index contributed by atoms with van der Waals surface area (Å²) >= 11 is 1.03. The lowest BCUT2D eigenvalue weighted by Gasteiger charge is -1.95. The van der Waals surface area contributed by atoms with E-state index in [0.717, 1.165) is 11.3 Å². The smallest absolute Gasteiger partial charge is 0.261 e. The fourth-order valence-corrected chi connectivity index (χ4v) is 1.76. The Morgan fingerprint density at radius 2 is 2.00 bits per heavy atom. The van der Waals surface area contributed by atoms with E-state index in [4.69, 9.17) is 11.5 Å². The van der Waals surface area contributed by atoms with E-state index in [1.807, 2.05) is 0 Å². The first-order valence-corrected chi connectivity index (χ1v) is 4.83. The van der Waals surface area contributed by atoms with Gasteiger partial charge < -0.3 is 11.5 Å². The number of nitrogens with two attached hydrogens (primary N) is 2. The first kappa shape index (κ1) is 9.53. The molecular weight excluding hydrogens is 214 g/mol. The van der Waals surface area contributed by atoms with Crippen molar-refractivity contribution in [1.82, 2.24) is 15.0 Å². The highest BCUT2D eigenvalue weighted by Gasteiger charge is 2.17. The largest absolute Gasteiger partial charge is 0.375 e.